The van der Waals surface area contributed by atoms with Gasteiger partial charge in [0.2, 0.25) is 0 Å². The second-order valence-corrected chi connectivity index (χ2v) is 4.90. The van der Waals surface area contributed by atoms with Gasteiger partial charge in [0.05, 0.1) is 12.1 Å². The van der Waals surface area contributed by atoms with Crippen molar-refractivity contribution in [1.29, 1.82) is 0 Å². The fraction of sp³-hybridized carbons (Fsp3) is 0.500. The predicted octanol–water partition coefficient (Wildman–Crippen LogP) is 3.53. The third kappa shape index (κ3) is 5.34. The summed E-state index contributed by atoms with van der Waals surface area (Å²) in [7, 11) is 0. The minimum Gasteiger partial charge on any atom is -0.480 e. The summed E-state index contributed by atoms with van der Waals surface area (Å²) in [6.45, 7) is 3.24. The summed E-state index contributed by atoms with van der Waals surface area (Å²) in [5.41, 5.74) is -0.971. The van der Waals surface area contributed by atoms with Gasteiger partial charge in [-0.3, -0.25) is 9.69 Å². The summed E-state index contributed by atoms with van der Waals surface area (Å²) >= 11 is 0. The number of aliphatic carboxylic acids is 1. The van der Waals surface area contributed by atoms with Gasteiger partial charge in [-0.25, -0.2) is 4.39 Å². The van der Waals surface area contributed by atoms with Crippen molar-refractivity contribution in [2.24, 2.45) is 0 Å². The molecule has 0 amide bonds. The number of hydrogen-bond donors (Lipinski definition) is 1. The Morgan fingerprint density at radius 2 is 1.95 bits per heavy atom. The van der Waals surface area contributed by atoms with E-state index in [1.54, 1.807) is 6.92 Å². The van der Waals surface area contributed by atoms with Crippen molar-refractivity contribution < 1.29 is 27.5 Å². The van der Waals surface area contributed by atoms with E-state index in [1.807, 2.05) is 6.92 Å². The molecule has 0 aliphatic heterocycles. The van der Waals surface area contributed by atoms with E-state index < -0.39 is 23.5 Å². The molecule has 21 heavy (non-hydrogen) atoms. The smallest absolute Gasteiger partial charge is 0.416 e. The molecule has 1 aromatic rings. The van der Waals surface area contributed by atoms with Crippen LogP contribution in [0.1, 0.15) is 31.4 Å². The van der Waals surface area contributed by atoms with E-state index in [0.717, 1.165) is 12.1 Å². The number of carboxylic acid groups (broad SMARTS) is 1. The molecule has 1 aromatic carbocycles. The van der Waals surface area contributed by atoms with Crippen LogP contribution in [0.2, 0.25) is 0 Å². The van der Waals surface area contributed by atoms with E-state index in [2.05, 4.69) is 0 Å². The summed E-state index contributed by atoms with van der Waals surface area (Å²) < 4.78 is 51.3. The molecule has 0 radical (unpaired) electrons. The highest BCUT2D eigenvalue weighted by Crippen LogP contribution is 2.30. The van der Waals surface area contributed by atoms with Gasteiger partial charge >= 0.3 is 12.1 Å². The van der Waals surface area contributed by atoms with E-state index >= 15 is 0 Å². The fourth-order valence-electron chi connectivity index (χ4n) is 1.94. The molecule has 118 valence electrons. The zero-order valence-corrected chi connectivity index (χ0v) is 11.7. The quantitative estimate of drug-likeness (QED) is 0.817. The molecule has 0 spiro atoms. The molecular weight excluding hydrogens is 290 g/mol. The lowest BCUT2D eigenvalue weighted by Crippen LogP contribution is -2.36. The number of rotatable bonds is 6. The molecule has 7 heteroatoms. The van der Waals surface area contributed by atoms with E-state index in [1.165, 1.54) is 4.90 Å². The van der Waals surface area contributed by atoms with Crippen LogP contribution in [0.25, 0.3) is 0 Å². The van der Waals surface area contributed by atoms with Crippen LogP contribution in [0.4, 0.5) is 17.6 Å². The molecule has 0 heterocycles. The summed E-state index contributed by atoms with van der Waals surface area (Å²) in [6.07, 6.45) is -4.00. The second-order valence-electron chi connectivity index (χ2n) is 4.90. The predicted molar refractivity (Wildman–Crippen MR) is 69.2 cm³/mol. The van der Waals surface area contributed by atoms with E-state index in [0.29, 0.717) is 12.5 Å². The highest BCUT2D eigenvalue weighted by molar-refractivity contribution is 5.69. The number of carbonyl (C=O) groups is 1. The monoisotopic (exact) mass is 307 g/mol. The molecule has 0 saturated carbocycles. The summed E-state index contributed by atoms with van der Waals surface area (Å²) in [6, 6.07) is 2.12. The van der Waals surface area contributed by atoms with Gasteiger partial charge in [0.25, 0.3) is 0 Å². The zero-order chi connectivity index (χ0) is 16.2. The Bertz CT molecular complexity index is 502. The summed E-state index contributed by atoms with van der Waals surface area (Å²) in [5, 5.41) is 8.85. The number of nitrogens with zero attached hydrogens (tertiary/aromatic N) is 1. The first-order valence-electron chi connectivity index (χ1n) is 6.46. The van der Waals surface area contributed by atoms with Crippen molar-refractivity contribution >= 4 is 5.97 Å². The van der Waals surface area contributed by atoms with Crippen LogP contribution in [-0.4, -0.2) is 28.6 Å². The van der Waals surface area contributed by atoms with Crippen LogP contribution in [0.15, 0.2) is 18.2 Å². The van der Waals surface area contributed by atoms with Gasteiger partial charge in [-0.05, 0) is 37.1 Å². The van der Waals surface area contributed by atoms with Crippen LogP contribution in [0.3, 0.4) is 0 Å². The largest absolute Gasteiger partial charge is 0.480 e. The van der Waals surface area contributed by atoms with Gasteiger partial charge in [0, 0.05) is 12.6 Å². The molecule has 1 rings (SSSR count). The maximum absolute atomic E-state index is 13.3. The highest BCUT2D eigenvalue weighted by atomic mass is 19.4. The lowest BCUT2D eigenvalue weighted by atomic mass is 10.1. The second kappa shape index (κ2) is 6.89. The Morgan fingerprint density at radius 3 is 2.43 bits per heavy atom. The van der Waals surface area contributed by atoms with Crippen LogP contribution in [-0.2, 0) is 17.5 Å². The highest BCUT2D eigenvalue weighted by Gasteiger charge is 2.31. The zero-order valence-electron chi connectivity index (χ0n) is 11.7. The number of alkyl halides is 3. The molecule has 0 aliphatic rings. The van der Waals surface area contributed by atoms with Crippen molar-refractivity contribution in [3.63, 3.8) is 0 Å². The lowest BCUT2D eigenvalue weighted by molar-refractivity contribution is -0.139. The molecule has 0 bridgehead atoms. The van der Waals surface area contributed by atoms with Crippen LogP contribution >= 0.6 is 0 Å². The van der Waals surface area contributed by atoms with E-state index in [9.17, 15) is 22.4 Å². The van der Waals surface area contributed by atoms with Crippen molar-refractivity contribution in [3.8, 4) is 0 Å². The SMILES string of the molecule is CCC(C)N(CC(=O)O)Cc1cc(F)cc(C(F)(F)F)c1. The Kier molecular flexibility index (Phi) is 5.71. The van der Waals surface area contributed by atoms with Gasteiger partial charge in [0.1, 0.15) is 5.82 Å². The standard InChI is InChI=1S/C14H17F4NO2/c1-3-9(2)19(8-13(20)21)7-10-4-11(14(16,17)18)6-12(15)5-10/h4-6,9H,3,7-8H2,1-2H3,(H,20,21). The van der Waals surface area contributed by atoms with E-state index in [4.69, 9.17) is 5.11 Å². The lowest BCUT2D eigenvalue weighted by Gasteiger charge is -2.27. The first-order chi connectivity index (χ1) is 9.63. The topological polar surface area (TPSA) is 40.5 Å². The summed E-state index contributed by atoms with van der Waals surface area (Å²) in [5.74, 6) is -2.07. The molecule has 1 atom stereocenters. The maximum atomic E-state index is 13.3. The van der Waals surface area contributed by atoms with Crippen LogP contribution in [0, 0.1) is 5.82 Å². The van der Waals surface area contributed by atoms with Crippen LogP contribution < -0.4 is 0 Å². The average molecular weight is 307 g/mol. The van der Waals surface area contributed by atoms with Gasteiger partial charge in [-0.2, -0.15) is 13.2 Å². The van der Waals surface area contributed by atoms with Gasteiger partial charge < -0.3 is 5.11 Å². The Morgan fingerprint density at radius 1 is 1.33 bits per heavy atom. The molecular formula is C14H17F4NO2. The average Bonchev–Trinajstić information content (AvgIpc) is 2.34. The van der Waals surface area contributed by atoms with Crippen molar-refractivity contribution in [1.82, 2.24) is 4.90 Å². The Balaban J connectivity index is 3.03. The number of hydrogen-bond acceptors (Lipinski definition) is 2. The molecule has 0 fully saturated rings. The van der Waals surface area contributed by atoms with E-state index in [-0.39, 0.29) is 24.7 Å². The maximum Gasteiger partial charge on any atom is 0.416 e. The number of benzene rings is 1. The first-order valence-corrected chi connectivity index (χ1v) is 6.46. The van der Waals surface area contributed by atoms with Crippen LogP contribution in [0.5, 0.6) is 0 Å². The molecule has 3 nitrogen and oxygen atoms in total. The van der Waals surface area contributed by atoms with Crippen molar-refractivity contribution in [3.05, 3.63) is 35.1 Å². The van der Waals surface area contributed by atoms with Gasteiger partial charge in [-0.15, -0.1) is 0 Å². The summed E-state index contributed by atoms with van der Waals surface area (Å²) in [4.78, 5) is 12.3. The molecule has 0 aliphatic carbocycles. The van der Waals surface area contributed by atoms with Gasteiger partial charge in [0.15, 0.2) is 0 Å². The number of halogens is 4. The molecule has 0 saturated heterocycles. The minimum atomic E-state index is -4.63. The Hall–Kier alpha value is -1.63. The van der Waals surface area contributed by atoms with Crippen molar-refractivity contribution in [2.45, 2.75) is 39.0 Å². The van der Waals surface area contributed by atoms with Gasteiger partial charge in [-0.1, -0.05) is 6.92 Å². The van der Waals surface area contributed by atoms with Crippen molar-refractivity contribution in [2.75, 3.05) is 6.54 Å². The molecule has 0 aromatic heterocycles. The Labute approximate surface area is 120 Å². The fourth-order valence-corrected chi connectivity index (χ4v) is 1.94. The minimum absolute atomic E-state index is 0.0534. The third-order valence-corrected chi connectivity index (χ3v) is 3.22. The third-order valence-electron chi connectivity index (χ3n) is 3.22. The molecule has 1 N–H and O–H groups in total. The first kappa shape index (κ1) is 17.4. The molecule has 1 unspecified atom stereocenters. The number of carboxylic acids is 1. The normalized spacial score (nSPS) is 13.5.